The fraction of sp³-hybridized carbons (Fsp3) is 0.412. The van der Waals surface area contributed by atoms with Crippen molar-refractivity contribution < 1.29 is 14.9 Å². The summed E-state index contributed by atoms with van der Waals surface area (Å²) in [5, 5.41) is 21.3. The zero-order valence-corrected chi connectivity index (χ0v) is 11.9. The SMILES string of the molecule is C=CC[C@@]1(O)CC(=C)[C@H](O)[C@@](OC)(c2ccccc2)C1. The number of aliphatic hydroxyl groups excluding tert-OH is 1. The van der Waals surface area contributed by atoms with Crippen molar-refractivity contribution in [1.82, 2.24) is 0 Å². The molecule has 0 bridgehead atoms. The van der Waals surface area contributed by atoms with E-state index in [0.29, 0.717) is 24.8 Å². The Balaban J connectivity index is 2.48. The van der Waals surface area contributed by atoms with Gasteiger partial charge in [-0.3, -0.25) is 0 Å². The summed E-state index contributed by atoms with van der Waals surface area (Å²) in [6, 6.07) is 9.51. The Morgan fingerprint density at radius 1 is 1.40 bits per heavy atom. The van der Waals surface area contributed by atoms with Gasteiger partial charge in [-0.25, -0.2) is 0 Å². The topological polar surface area (TPSA) is 49.7 Å². The first kappa shape index (κ1) is 15.0. The van der Waals surface area contributed by atoms with Crippen LogP contribution in [0.3, 0.4) is 0 Å². The summed E-state index contributed by atoms with van der Waals surface area (Å²) in [6.45, 7) is 7.61. The van der Waals surface area contributed by atoms with Crippen molar-refractivity contribution in [3.05, 3.63) is 60.7 Å². The Kier molecular flexibility index (Phi) is 4.14. The fourth-order valence-electron chi connectivity index (χ4n) is 3.19. The van der Waals surface area contributed by atoms with Crippen molar-refractivity contribution in [1.29, 1.82) is 0 Å². The van der Waals surface area contributed by atoms with Gasteiger partial charge in [-0.2, -0.15) is 0 Å². The van der Waals surface area contributed by atoms with Gasteiger partial charge in [-0.1, -0.05) is 43.0 Å². The second kappa shape index (κ2) is 5.52. The average Bonchev–Trinajstić information content (AvgIpc) is 2.44. The molecule has 1 aliphatic carbocycles. The summed E-state index contributed by atoms with van der Waals surface area (Å²) < 4.78 is 5.68. The summed E-state index contributed by atoms with van der Waals surface area (Å²) in [4.78, 5) is 0. The first-order valence-electron chi connectivity index (χ1n) is 6.77. The minimum atomic E-state index is -0.982. The molecule has 20 heavy (non-hydrogen) atoms. The van der Waals surface area contributed by atoms with Gasteiger partial charge in [0.15, 0.2) is 0 Å². The maximum absolute atomic E-state index is 10.8. The molecular weight excluding hydrogens is 252 g/mol. The molecule has 3 nitrogen and oxygen atoms in total. The molecule has 0 aliphatic heterocycles. The van der Waals surface area contributed by atoms with Crippen LogP contribution in [0.25, 0.3) is 0 Å². The van der Waals surface area contributed by atoms with E-state index in [0.717, 1.165) is 5.56 Å². The van der Waals surface area contributed by atoms with Gasteiger partial charge in [0, 0.05) is 13.5 Å². The Bertz CT molecular complexity index is 496. The molecule has 0 saturated heterocycles. The lowest BCUT2D eigenvalue weighted by Gasteiger charge is -2.48. The molecular formula is C17H22O3. The summed E-state index contributed by atoms with van der Waals surface area (Å²) in [5.74, 6) is 0. The highest BCUT2D eigenvalue weighted by Crippen LogP contribution is 2.47. The van der Waals surface area contributed by atoms with E-state index < -0.39 is 17.3 Å². The van der Waals surface area contributed by atoms with Crippen molar-refractivity contribution >= 4 is 0 Å². The van der Waals surface area contributed by atoms with Crippen molar-refractivity contribution in [2.45, 2.75) is 36.6 Å². The van der Waals surface area contributed by atoms with Crippen molar-refractivity contribution in [2.75, 3.05) is 7.11 Å². The quantitative estimate of drug-likeness (QED) is 0.830. The second-order valence-corrected chi connectivity index (χ2v) is 5.59. The first-order chi connectivity index (χ1) is 9.47. The molecule has 1 aromatic rings. The minimum Gasteiger partial charge on any atom is -0.389 e. The monoisotopic (exact) mass is 274 g/mol. The maximum Gasteiger partial charge on any atom is 0.125 e. The van der Waals surface area contributed by atoms with Gasteiger partial charge >= 0.3 is 0 Å². The van der Waals surface area contributed by atoms with Crippen LogP contribution in [0.2, 0.25) is 0 Å². The Hall–Kier alpha value is -1.42. The molecule has 1 aliphatic rings. The second-order valence-electron chi connectivity index (χ2n) is 5.59. The van der Waals surface area contributed by atoms with E-state index in [-0.39, 0.29) is 0 Å². The van der Waals surface area contributed by atoms with Gasteiger partial charge in [0.1, 0.15) is 11.7 Å². The molecule has 3 heteroatoms. The van der Waals surface area contributed by atoms with Crippen LogP contribution >= 0.6 is 0 Å². The smallest absolute Gasteiger partial charge is 0.125 e. The van der Waals surface area contributed by atoms with Crippen LogP contribution in [0.1, 0.15) is 24.8 Å². The molecule has 3 atom stereocenters. The summed E-state index contributed by atoms with van der Waals surface area (Å²) in [5.41, 5.74) is -0.511. The third-order valence-electron chi connectivity index (χ3n) is 4.13. The van der Waals surface area contributed by atoms with Gasteiger partial charge in [0.05, 0.1) is 5.60 Å². The number of rotatable bonds is 4. The van der Waals surface area contributed by atoms with E-state index in [2.05, 4.69) is 13.2 Å². The van der Waals surface area contributed by atoms with Crippen molar-refractivity contribution in [3.8, 4) is 0 Å². The van der Waals surface area contributed by atoms with Gasteiger partial charge < -0.3 is 14.9 Å². The first-order valence-corrected chi connectivity index (χ1v) is 6.77. The zero-order chi connectivity index (χ0) is 14.8. The molecule has 1 saturated carbocycles. The molecule has 0 radical (unpaired) electrons. The van der Waals surface area contributed by atoms with Crippen LogP contribution in [0.4, 0.5) is 0 Å². The fourth-order valence-corrected chi connectivity index (χ4v) is 3.19. The molecule has 0 spiro atoms. The largest absolute Gasteiger partial charge is 0.389 e. The minimum absolute atomic E-state index is 0.312. The molecule has 0 aromatic heterocycles. The third kappa shape index (κ3) is 2.44. The molecule has 0 amide bonds. The number of hydrogen-bond acceptors (Lipinski definition) is 3. The highest BCUT2D eigenvalue weighted by atomic mass is 16.5. The lowest BCUT2D eigenvalue weighted by atomic mass is 9.67. The maximum atomic E-state index is 10.8. The lowest BCUT2D eigenvalue weighted by molar-refractivity contribution is -0.161. The Morgan fingerprint density at radius 3 is 2.60 bits per heavy atom. The van der Waals surface area contributed by atoms with E-state index in [4.69, 9.17) is 4.74 Å². The normalized spacial score (nSPS) is 34.0. The molecule has 108 valence electrons. The zero-order valence-electron chi connectivity index (χ0n) is 11.9. The molecule has 0 heterocycles. The summed E-state index contributed by atoms with van der Waals surface area (Å²) in [6.07, 6.45) is 1.97. The van der Waals surface area contributed by atoms with Crippen molar-refractivity contribution in [3.63, 3.8) is 0 Å². The predicted molar refractivity (Wildman–Crippen MR) is 79.3 cm³/mol. The van der Waals surface area contributed by atoms with E-state index in [1.807, 2.05) is 30.3 Å². The van der Waals surface area contributed by atoms with Crippen LogP contribution < -0.4 is 0 Å². The van der Waals surface area contributed by atoms with Gasteiger partial charge in [-0.05, 0) is 24.0 Å². The number of hydrogen-bond donors (Lipinski definition) is 2. The van der Waals surface area contributed by atoms with E-state index in [1.165, 1.54) is 0 Å². The van der Waals surface area contributed by atoms with E-state index in [1.54, 1.807) is 13.2 Å². The van der Waals surface area contributed by atoms with Crippen LogP contribution in [-0.2, 0) is 10.3 Å². The standard InChI is InChI=1S/C17H22O3/c1-4-10-16(19)11-13(2)15(18)17(12-16,20-3)14-8-6-5-7-9-14/h4-9,15,18-19H,1-2,10-12H2,3H3/t15-,16+,17-/m0/s1. The molecule has 2 N–H and O–H groups in total. The molecule has 2 rings (SSSR count). The lowest BCUT2D eigenvalue weighted by Crippen LogP contribution is -2.54. The highest BCUT2D eigenvalue weighted by molar-refractivity contribution is 5.32. The number of methoxy groups -OCH3 is 1. The molecule has 1 fully saturated rings. The predicted octanol–water partition coefficient (Wildman–Crippen LogP) is 2.55. The van der Waals surface area contributed by atoms with Crippen LogP contribution in [0.5, 0.6) is 0 Å². The number of ether oxygens (including phenoxy) is 1. The highest BCUT2D eigenvalue weighted by Gasteiger charge is 2.52. The number of aliphatic hydroxyl groups is 2. The Morgan fingerprint density at radius 2 is 2.05 bits per heavy atom. The molecule has 0 unspecified atom stereocenters. The van der Waals surface area contributed by atoms with Gasteiger partial charge in [0.2, 0.25) is 0 Å². The van der Waals surface area contributed by atoms with Gasteiger partial charge in [-0.15, -0.1) is 6.58 Å². The van der Waals surface area contributed by atoms with E-state index >= 15 is 0 Å². The summed E-state index contributed by atoms with van der Waals surface area (Å²) in [7, 11) is 1.56. The third-order valence-corrected chi connectivity index (χ3v) is 4.13. The summed E-state index contributed by atoms with van der Waals surface area (Å²) >= 11 is 0. The van der Waals surface area contributed by atoms with Crippen LogP contribution in [0, 0.1) is 0 Å². The Labute approximate surface area is 120 Å². The number of benzene rings is 1. The van der Waals surface area contributed by atoms with Crippen LogP contribution in [0.15, 0.2) is 55.1 Å². The van der Waals surface area contributed by atoms with Crippen molar-refractivity contribution in [2.24, 2.45) is 0 Å². The van der Waals surface area contributed by atoms with E-state index in [9.17, 15) is 10.2 Å². The van der Waals surface area contributed by atoms with Gasteiger partial charge in [0.25, 0.3) is 0 Å². The molecule has 1 aromatic carbocycles. The average molecular weight is 274 g/mol. The van der Waals surface area contributed by atoms with Crippen LogP contribution in [-0.4, -0.2) is 29.0 Å².